The fourth-order valence-corrected chi connectivity index (χ4v) is 2.63. The highest BCUT2D eigenvalue weighted by Crippen LogP contribution is 2.25. The Kier molecular flexibility index (Phi) is 3.02. The molecule has 0 aliphatic carbocycles. The van der Waals surface area contributed by atoms with Crippen molar-refractivity contribution in [1.29, 1.82) is 0 Å². The first-order chi connectivity index (χ1) is 7.18. The summed E-state index contributed by atoms with van der Waals surface area (Å²) in [5.74, 6) is -0.896. The van der Waals surface area contributed by atoms with Crippen molar-refractivity contribution in [1.82, 2.24) is 9.88 Å². The van der Waals surface area contributed by atoms with E-state index in [-0.39, 0.29) is 12.0 Å². The number of nitrogens with zero attached hydrogens (tertiary/aromatic N) is 2. The predicted octanol–water partition coefficient (Wildman–Crippen LogP) is 1.44. The van der Waals surface area contributed by atoms with E-state index in [1.54, 1.807) is 11.3 Å². The molecule has 1 N–H and O–H groups in total. The van der Waals surface area contributed by atoms with Crippen LogP contribution >= 0.6 is 11.3 Å². The van der Waals surface area contributed by atoms with Crippen molar-refractivity contribution < 1.29 is 9.90 Å². The molecule has 2 rings (SSSR count). The lowest BCUT2D eigenvalue weighted by molar-refractivity contribution is -0.142. The summed E-state index contributed by atoms with van der Waals surface area (Å²) >= 11 is 1.58. The van der Waals surface area contributed by atoms with Gasteiger partial charge in [0, 0.05) is 18.0 Å². The molecule has 5 heteroatoms. The Labute approximate surface area is 92.6 Å². The molecule has 1 fully saturated rings. The van der Waals surface area contributed by atoms with E-state index in [9.17, 15) is 4.79 Å². The van der Waals surface area contributed by atoms with E-state index >= 15 is 0 Å². The molecule has 0 amide bonds. The van der Waals surface area contributed by atoms with Crippen molar-refractivity contribution in [2.24, 2.45) is 5.92 Å². The smallest absolute Gasteiger partial charge is 0.308 e. The summed E-state index contributed by atoms with van der Waals surface area (Å²) in [6.45, 7) is 3.61. The predicted molar refractivity (Wildman–Crippen MR) is 57.7 cm³/mol. The maximum Gasteiger partial charge on any atom is 0.308 e. The monoisotopic (exact) mass is 226 g/mol. The van der Waals surface area contributed by atoms with Crippen LogP contribution in [0, 0.1) is 5.92 Å². The average molecular weight is 226 g/mol. The van der Waals surface area contributed by atoms with E-state index in [2.05, 4.69) is 9.88 Å². The zero-order chi connectivity index (χ0) is 10.8. The van der Waals surface area contributed by atoms with Gasteiger partial charge < -0.3 is 5.11 Å². The van der Waals surface area contributed by atoms with Crippen molar-refractivity contribution in [3.05, 3.63) is 16.6 Å². The average Bonchev–Trinajstić information content (AvgIpc) is 2.78. The van der Waals surface area contributed by atoms with Gasteiger partial charge in [-0.15, -0.1) is 11.3 Å². The van der Waals surface area contributed by atoms with E-state index in [0.717, 1.165) is 25.2 Å². The lowest BCUT2D eigenvalue weighted by Crippen LogP contribution is -2.32. The maximum atomic E-state index is 10.9. The second kappa shape index (κ2) is 4.28. The Morgan fingerprint density at radius 1 is 1.80 bits per heavy atom. The maximum absolute atomic E-state index is 10.9. The first-order valence-electron chi connectivity index (χ1n) is 5.02. The topological polar surface area (TPSA) is 53.4 Å². The van der Waals surface area contributed by atoms with Gasteiger partial charge in [-0.3, -0.25) is 9.69 Å². The van der Waals surface area contributed by atoms with Gasteiger partial charge in [0.1, 0.15) is 0 Å². The highest BCUT2D eigenvalue weighted by molar-refractivity contribution is 7.07. The molecule has 2 unspecified atom stereocenters. The van der Waals surface area contributed by atoms with E-state index in [1.807, 2.05) is 17.8 Å². The van der Waals surface area contributed by atoms with Crippen LogP contribution in [0.4, 0.5) is 0 Å². The lowest BCUT2D eigenvalue weighted by Gasteiger charge is -2.21. The zero-order valence-corrected chi connectivity index (χ0v) is 9.41. The minimum absolute atomic E-state index is 0.115. The number of carbonyl (C=O) groups is 1. The van der Waals surface area contributed by atoms with Crippen LogP contribution in [0.2, 0.25) is 0 Å². The Bertz CT molecular complexity index is 339. The summed E-state index contributed by atoms with van der Waals surface area (Å²) in [6, 6.07) is 0.115. The van der Waals surface area contributed by atoms with Crippen molar-refractivity contribution in [2.45, 2.75) is 25.9 Å². The van der Waals surface area contributed by atoms with Gasteiger partial charge in [-0.25, -0.2) is 4.98 Å². The van der Waals surface area contributed by atoms with Crippen molar-refractivity contribution >= 4 is 17.3 Å². The minimum Gasteiger partial charge on any atom is -0.481 e. The number of aliphatic carboxylic acids is 1. The van der Waals surface area contributed by atoms with Crippen molar-refractivity contribution in [3.8, 4) is 0 Å². The van der Waals surface area contributed by atoms with Crippen molar-refractivity contribution in [2.75, 3.05) is 6.54 Å². The second-order valence-corrected chi connectivity index (χ2v) is 4.64. The first-order valence-corrected chi connectivity index (χ1v) is 5.96. The second-order valence-electron chi connectivity index (χ2n) is 3.92. The summed E-state index contributed by atoms with van der Waals surface area (Å²) < 4.78 is 0. The molecule has 2 heterocycles. The number of hydrogen-bond acceptors (Lipinski definition) is 4. The molecule has 0 aromatic carbocycles. The summed E-state index contributed by atoms with van der Waals surface area (Å²) in [5, 5.41) is 11.0. The van der Waals surface area contributed by atoms with Crippen LogP contribution < -0.4 is 0 Å². The minimum atomic E-state index is -0.678. The molecule has 0 radical (unpaired) electrons. The standard InChI is InChI=1S/C10H14N2O2S/c1-7-9(10(13)14)2-3-12(7)4-8-5-15-6-11-8/h5-7,9H,2-4H2,1H3,(H,13,14). The summed E-state index contributed by atoms with van der Waals surface area (Å²) in [7, 11) is 0. The van der Waals surface area contributed by atoms with Crippen molar-refractivity contribution in [3.63, 3.8) is 0 Å². The molecule has 0 saturated carbocycles. The van der Waals surface area contributed by atoms with Gasteiger partial charge in [0.2, 0.25) is 0 Å². The zero-order valence-electron chi connectivity index (χ0n) is 8.59. The van der Waals surface area contributed by atoms with Crippen LogP contribution in [0.25, 0.3) is 0 Å². The van der Waals surface area contributed by atoms with Gasteiger partial charge in [0.05, 0.1) is 17.1 Å². The summed E-state index contributed by atoms with van der Waals surface area (Å²) in [4.78, 5) is 17.3. The number of carboxylic acids is 1. The molecular weight excluding hydrogens is 212 g/mol. The van der Waals surface area contributed by atoms with E-state index in [1.165, 1.54) is 0 Å². The number of rotatable bonds is 3. The number of carboxylic acid groups (broad SMARTS) is 1. The fraction of sp³-hybridized carbons (Fsp3) is 0.600. The number of thiazole rings is 1. The molecule has 0 spiro atoms. The van der Waals surface area contributed by atoms with Gasteiger partial charge in [-0.05, 0) is 19.9 Å². The highest BCUT2D eigenvalue weighted by Gasteiger charge is 2.35. The van der Waals surface area contributed by atoms with Gasteiger partial charge >= 0.3 is 5.97 Å². The number of likely N-dealkylation sites (tertiary alicyclic amines) is 1. The van der Waals surface area contributed by atoms with Crippen LogP contribution in [-0.4, -0.2) is 33.5 Å². The first kappa shape index (κ1) is 10.6. The molecule has 82 valence electrons. The van der Waals surface area contributed by atoms with E-state index in [4.69, 9.17) is 5.11 Å². The molecule has 4 nitrogen and oxygen atoms in total. The lowest BCUT2D eigenvalue weighted by atomic mass is 10.0. The normalized spacial score (nSPS) is 27.0. The van der Waals surface area contributed by atoms with Gasteiger partial charge in [-0.2, -0.15) is 0 Å². The Morgan fingerprint density at radius 2 is 2.60 bits per heavy atom. The van der Waals surface area contributed by atoms with E-state index < -0.39 is 5.97 Å². The van der Waals surface area contributed by atoms with Gasteiger partial charge in [0.25, 0.3) is 0 Å². The molecule has 1 aliphatic heterocycles. The Morgan fingerprint density at radius 3 is 3.13 bits per heavy atom. The summed E-state index contributed by atoms with van der Waals surface area (Å²) in [6.07, 6.45) is 0.751. The Hall–Kier alpha value is -0.940. The van der Waals surface area contributed by atoms with Crippen LogP contribution in [0.1, 0.15) is 19.0 Å². The van der Waals surface area contributed by atoms with Gasteiger partial charge in [0.15, 0.2) is 0 Å². The number of aromatic nitrogens is 1. The third-order valence-electron chi connectivity index (χ3n) is 3.05. The van der Waals surface area contributed by atoms with Gasteiger partial charge in [-0.1, -0.05) is 0 Å². The third-order valence-corrected chi connectivity index (χ3v) is 3.69. The SMILES string of the molecule is CC1C(C(=O)O)CCN1Cc1cscn1. The van der Waals surface area contributed by atoms with Crippen LogP contribution in [0.3, 0.4) is 0 Å². The molecule has 1 saturated heterocycles. The molecule has 1 aromatic rings. The largest absolute Gasteiger partial charge is 0.481 e. The van der Waals surface area contributed by atoms with Crippen LogP contribution in [0.5, 0.6) is 0 Å². The Balaban J connectivity index is 1.98. The number of hydrogen-bond donors (Lipinski definition) is 1. The summed E-state index contributed by atoms with van der Waals surface area (Å²) in [5.41, 5.74) is 2.85. The molecule has 15 heavy (non-hydrogen) atoms. The van der Waals surface area contributed by atoms with E-state index in [0.29, 0.717) is 0 Å². The molecule has 1 aliphatic rings. The quantitative estimate of drug-likeness (QED) is 0.847. The molecule has 1 aromatic heterocycles. The molecule has 0 bridgehead atoms. The van der Waals surface area contributed by atoms with Crippen LogP contribution in [0.15, 0.2) is 10.9 Å². The highest BCUT2D eigenvalue weighted by atomic mass is 32.1. The fourth-order valence-electron chi connectivity index (χ4n) is 2.08. The third kappa shape index (κ3) is 2.18. The van der Waals surface area contributed by atoms with Crippen LogP contribution in [-0.2, 0) is 11.3 Å². The molecule has 2 atom stereocenters. The molecular formula is C10H14N2O2S.